The number of carbonyl (C=O) groups is 1. The summed E-state index contributed by atoms with van der Waals surface area (Å²) in [6.45, 7) is 0. The van der Waals surface area contributed by atoms with Gasteiger partial charge in [0, 0.05) is 14.3 Å². The van der Waals surface area contributed by atoms with Crippen LogP contribution in [0.1, 0.15) is 0 Å². The van der Waals surface area contributed by atoms with Crippen molar-refractivity contribution in [3.05, 3.63) is 86.0 Å². The molecule has 0 fully saturated rings. The highest BCUT2D eigenvalue weighted by molar-refractivity contribution is 9.10. The van der Waals surface area contributed by atoms with Gasteiger partial charge >= 0.3 is 0 Å². The molecule has 0 saturated carbocycles. The summed E-state index contributed by atoms with van der Waals surface area (Å²) in [4.78, 5) is 33.3. The fraction of sp³-hybridized carbons (Fsp3) is 0.0417. The number of amides is 1. The molecule has 0 bridgehead atoms. The van der Waals surface area contributed by atoms with Crippen LogP contribution in [-0.2, 0) is 4.79 Å². The molecule has 0 atom stereocenters. The first kappa shape index (κ1) is 23.5. The van der Waals surface area contributed by atoms with E-state index in [0.29, 0.717) is 32.6 Å². The Balaban J connectivity index is 1.46. The summed E-state index contributed by atoms with van der Waals surface area (Å²) >= 11 is 7.88. The Morgan fingerprint density at radius 3 is 2.51 bits per heavy atom. The predicted octanol–water partition coefficient (Wildman–Crippen LogP) is 6.50. The first-order chi connectivity index (χ1) is 16.9. The topological polar surface area (TPSA) is 113 Å². The van der Waals surface area contributed by atoms with Gasteiger partial charge in [0.15, 0.2) is 10.8 Å². The number of halogens is 2. The molecule has 1 amide bonds. The summed E-state index contributed by atoms with van der Waals surface area (Å²) in [7, 11) is 0. The molecule has 35 heavy (non-hydrogen) atoms. The SMILES string of the molecule is O=C(CSc1nc2ccc(Br)cc2c(=O)n1-c1ccccc1)N=Nc1c(O)[nH]c2ccc(Br)cc12. The van der Waals surface area contributed by atoms with E-state index in [9.17, 15) is 14.7 Å². The molecule has 0 spiro atoms. The third-order valence-corrected chi connectivity index (χ3v) is 7.02. The van der Waals surface area contributed by atoms with Crippen LogP contribution >= 0.6 is 43.6 Å². The van der Waals surface area contributed by atoms with E-state index in [-0.39, 0.29) is 22.9 Å². The second kappa shape index (κ2) is 9.76. The minimum atomic E-state index is -0.538. The molecule has 0 saturated heterocycles. The summed E-state index contributed by atoms with van der Waals surface area (Å²) in [5, 5.41) is 19.4. The van der Waals surface area contributed by atoms with Crippen molar-refractivity contribution < 1.29 is 9.90 Å². The number of carbonyl (C=O) groups excluding carboxylic acids is 1. The number of aromatic amines is 1. The first-order valence-electron chi connectivity index (χ1n) is 10.3. The van der Waals surface area contributed by atoms with Gasteiger partial charge in [-0.25, -0.2) is 4.98 Å². The third kappa shape index (κ3) is 4.79. The van der Waals surface area contributed by atoms with E-state index in [1.807, 2.05) is 30.3 Å². The first-order valence-corrected chi connectivity index (χ1v) is 12.8. The van der Waals surface area contributed by atoms with E-state index in [2.05, 4.69) is 52.1 Å². The zero-order chi connectivity index (χ0) is 24.5. The van der Waals surface area contributed by atoms with Gasteiger partial charge in [-0.2, -0.15) is 0 Å². The van der Waals surface area contributed by atoms with E-state index in [1.54, 1.807) is 36.4 Å². The molecule has 5 rings (SSSR count). The van der Waals surface area contributed by atoms with Gasteiger partial charge in [0.25, 0.3) is 11.5 Å². The van der Waals surface area contributed by atoms with Crippen molar-refractivity contribution >= 4 is 77.0 Å². The predicted molar refractivity (Wildman–Crippen MR) is 143 cm³/mol. The lowest BCUT2D eigenvalue weighted by molar-refractivity contribution is -0.115. The maximum absolute atomic E-state index is 13.3. The van der Waals surface area contributed by atoms with Crippen molar-refractivity contribution in [2.75, 3.05) is 5.75 Å². The molecular formula is C24H15Br2N5O3S. The highest BCUT2D eigenvalue weighted by atomic mass is 79.9. The third-order valence-electron chi connectivity index (χ3n) is 5.11. The average molecular weight is 613 g/mol. The highest BCUT2D eigenvalue weighted by Gasteiger charge is 2.16. The van der Waals surface area contributed by atoms with E-state index in [4.69, 9.17) is 0 Å². The van der Waals surface area contributed by atoms with E-state index < -0.39 is 5.91 Å². The Morgan fingerprint density at radius 1 is 1.03 bits per heavy atom. The van der Waals surface area contributed by atoms with Crippen LogP contribution < -0.4 is 5.56 Å². The van der Waals surface area contributed by atoms with Crippen molar-refractivity contribution in [1.29, 1.82) is 0 Å². The van der Waals surface area contributed by atoms with Gasteiger partial charge in [0.05, 0.1) is 27.9 Å². The Labute approximate surface area is 219 Å². The van der Waals surface area contributed by atoms with Crippen molar-refractivity contribution in [3.8, 4) is 11.6 Å². The van der Waals surface area contributed by atoms with E-state index in [0.717, 1.165) is 20.7 Å². The molecule has 0 unspecified atom stereocenters. The Kier molecular flexibility index (Phi) is 6.54. The number of H-pyrrole nitrogens is 1. The summed E-state index contributed by atoms with van der Waals surface area (Å²) in [5.41, 5.74) is 1.76. The number of fused-ring (bicyclic) bond motifs is 2. The van der Waals surface area contributed by atoms with E-state index >= 15 is 0 Å². The number of nitrogens with zero attached hydrogens (tertiary/aromatic N) is 4. The molecule has 5 aromatic rings. The minimum Gasteiger partial charge on any atom is -0.493 e. The van der Waals surface area contributed by atoms with E-state index in [1.165, 1.54) is 4.57 Å². The lowest BCUT2D eigenvalue weighted by Crippen LogP contribution is -2.22. The molecule has 2 heterocycles. The fourth-order valence-corrected chi connectivity index (χ4v) is 5.05. The van der Waals surface area contributed by atoms with Crippen LogP contribution in [0.15, 0.2) is 95.9 Å². The number of rotatable bonds is 5. The van der Waals surface area contributed by atoms with Crippen LogP contribution in [0.5, 0.6) is 5.88 Å². The number of aromatic nitrogens is 3. The summed E-state index contributed by atoms with van der Waals surface area (Å²) < 4.78 is 3.05. The number of hydrogen-bond acceptors (Lipinski definition) is 6. The standard InChI is InChI=1S/C24H15Br2N5O3S/c25-13-6-8-18-16(10-13)21(22(33)27-18)30-29-20(32)12-35-24-28-19-9-7-14(26)11-17(19)23(34)31(24)15-4-2-1-3-5-15/h1-11,27,33H,12H2. The van der Waals surface area contributed by atoms with Gasteiger partial charge in [-0.15, -0.1) is 10.2 Å². The maximum Gasteiger partial charge on any atom is 0.275 e. The molecule has 2 aromatic heterocycles. The van der Waals surface area contributed by atoms with Crippen molar-refractivity contribution in [2.24, 2.45) is 10.2 Å². The van der Waals surface area contributed by atoms with Crippen LogP contribution in [0, 0.1) is 0 Å². The van der Waals surface area contributed by atoms with Crippen molar-refractivity contribution in [1.82, 2.24) is 14.5 Å². The van der Waals surface area contributed by atoms with Gasteiger partial charge in [0.1, 0.15) is 0 Å². The minimum absolute atomic E-state index is 0.0996. The zero-order valence-electron chi connectivity index (χ0n) is 17.8. The normalized spacial score (nSPS) is 11.6. The number of nitrogens with one attached hydrogen (secondary N) is 1. The second-order valence-electron chi connectivity index (χ2n) is 7.43. The van der Waals surface area contributed by atoms with Gasteiger partial charge in [-0.3, -0.25) is 14.2 Å². The summed E-state index contributed by atoms with van der Waals surface area (Å²) in [5.74, 6) is -0.816. The molecule has 0 aliphatic heterocycles. The number of thioether (sulfide) groups is 1. The van der Waals surface area contributed by atoms with Crippen LogP contribution in [0.4, 0.5) is 5.69 Å². The molecular weight excluding hydrogens is 598 g/mol. The summed E-state index contributed by atoms with van der Waals surface area (Å²) in [6.07, 6.45) is 0. The largest absolute Gasteiger partial charge is 0.493 e. The van der Waals surface area contributed by atoms with Crippen LogP contribution in [0.3, 0.4) is 0 Å². The zero-order valence-corrected chi connectivity index (χ0v) is 21.8. The second-order valence-corrected chi connectivity index (χ2v) is 10.2. The summed E-state index contributed by atoms with van der Waals surface area (Å²) in [6, 6.07) is 19.8. The molecule has 11 heteroatoms. The molecule has 174 valence electrons. The van der Waals surface area contributed by atoms with Crippen LogP contribution in [-0.4, -0.2) is 31.3 Å². The fourth-order valence-electron chi connectivity index (χ4n) is 3.54. The Hall–Kier alpha value is -3.28. The lowest BCUT2D eigenvalue weighted by Gasteiger charge is -2.12. The van der Waals surface area contributed by atoms with Crippen molar-refractivity contribution in [2.45, 2.75) is 5.16 Å². The quantitative estimate of drug-likeness (QED) is 0.134. The molecule has 0 aliphatic carbocycles. The van der Waals surface area contributed by atoms with Crippen LogP contribution in [0.25, 0.3) is 27.5 Å². The molecule has 8 nitrogen and oxygen atoms in total. The van der Waals surface area contributed by atoms with Gasteiger partial charge in [-0.1, -0.05) is 61.8 Å². The lowest BCUT2D eigenvalue weighted by atomic mass is 10.2. The number of azo groups is 1. The van der Waals surface area contributed by atoms with Crippen LogP contribution in [0.2, 0.25) is 0 Å². The monoisotopic (exact) mass is 611 g/mol. The molecule has 0 radical (unpaired) electrons. The molecule has 3 aromatic carbocycles. The highest BCUT2D eigenvalue weighted by Crippen LogP contribution is 2.37. The molecule has 0 aliphatic rings. The maximum atomic E-state index is 13.3. The number of hydrogen-bond donors (Lipinski definition) is 2. The van der Waals surface area contributed by atoms with Gasteiger partial charge < -0.3 is 10.1 Å². The van der Waals surface area contributed by atoms with Crippen molar-refractivity contribution in [3.63, 3.8) is 0 Å². The average Bonchev–Trinajstić information content (AvgIpc) is 3.16. The van der Waals surface area contributed by atoms with Gasteiger partial charge in [-0.05, 0) is 48.5 Å². The number of para-hydroxylation sites is 1. The smallest absolute Gasteiger partial charge is 0.275 e. The van der Waals surface area contributed by atoms with Gasteiger partial charge in [0.2, 0.25) is 5.88 Å². The molecule has 2 N–H and O–H groups in total. The Bertz CT molecular complexity index is 1680. The Morgan fingerprint density at radius 2 is 1.74 bits per heavy atom. The number of benzene rings is 3. The number of aromatic hydroxyl groups is 1.